The number of H-pyrrole nitrogens is 1. The van der Waals surface area contributed by atoms with Crippen molar-refractivity contribution in [2.45, 2.75) is 31.9 Å². The molecule has 4 rings (SSSR count). The maximum Gasteiger partial charge on any atom is 0.332 e. The van der Waals surface area contributed by atoms with E-state index in [1.54, 1.807) is 0 Å². The number of carboxylic acids is 1. The van der Waals surface area contributed by atoms with Gasteiger partial charge in [-0.15, -0.1) is 0 Å². The molecule has 2 atom stereocenters. The minimum absolute atomic E-state index is 0.0182. The number of aromatic amines is 1. The second-order valence-electron chi connectivity index (χ2n) is 7.08. The average Bonchev–Trinajstić information content (AvgIpc) is 2.99. The molecule has 1 saturated heterocycles. The van der Waals surface area contributed by atoms with Crippen LogP contribution in [0.25, 0.3) is 10.9 Å². The zero-order valence-corrected chi connectivity index (χ0v) is 15.2. The Morgan fingerprint density at radius 3 is 2.96 bits per heavy atom. The number of carboxylic acid groups (broad SMARTS) is 1. The van der Waals surface area contributed by atoms with Crippen LogP contribution in [0.3, 0.4) is 0 Å². The second-order valence-corrected chi connectivity index (χ2v) is 9.09. The van der Waals surface area contributed by atoms with E-state index in [2.05, 4.69) is 11.1 Å². The molecule has 2 aromatic rings. The highest BCUT2D eigenvalue weighted by molar-refractivity contribution is 7.89. The third-order valence-corrected chi connectivity index (χ3v) is 7.35. The number of benzene rings is 1. The molecule has 2 unspecified atom stereocenters. The summed E-state index contributed by atoms with van der Waals surface area (Å²) in [5.41, 5.74) is 3.19. The summed E-state index contributed by atoms with van der Waals surface area (Å²) in [6.07, 6.45) is 0.615. The monoisotopic (exact) mass is 378 g/mol. The summed E-state index contributed by atoms with van der Waals surface area (Å²) in [6.45, 7) is 1.10. The minimum atomic E-state index is -3.45. The number of aromatic nitrogens is 1. The third-order valence-electron chi connectivity index (χ3n) is 5.36. The van der Waals surface area contributed by atoms with E-state index >= 15 is 0 Å². The van der Waals surface area contributed by atoms with Gasteiger partial charge in [0.1, 0.15) is 0 Å². The van der Waals surface area contributed by atoms with E-state index in [-0.39, 0.29) is 18.1 Å². The van der Waals surface area contributed by atoms with Crippen LogP contribution in [0.15, 0.2) is 24.3 Å². The van der Waals surface area contributed by atoms with Crippen molar-refractivity contribution in [2.24, 2.45) is 5.92 Å². The Hall–Kier alpha value is -1.90. The lowest BCUT2D eigenvalue weighted by Crippen LogP contribution is -2.41. The van der Waals surface area contributed by atoms with Crippen LogP contribution in [0.4, 0.5) is 0 Å². The van der Waals surface area contributed by atoms with Crippen LogP contribution in [0, 0.1) is 5.92 Å². The van der Waals surface area contributed by atoms with E-state index in [0.717, 1.165) is 16.6 Å². The lowest BCUT2D eigenvalue weighted by atomic mass is 9.98. The molecule has 1 aromatic carbocycles. The zero-order chi connectivity index (χ0) is 18.3. The number of hydrogen-bond acceptors (Lipinski definition) is 4. The van der Waals surface area contributed by atoms with E-state index < -0.39 is 22.1 Å². The Balaban J connectivity index is 1.49. The molecule has 2 aliphatic rings. The Labute approximate surface area is 152 Å². The number of aliphatic carboxylic acids is 1. The van der Waals surface area contributed by atoms with Gasteiger partial charge in [-0.2, -0.15) is 4.31 Å². The van der Waals surface area contributed by atoms with Gasteiger partial charge in [-0.1, -0.05) is 18.2 Å². The Morgan fingerprint density at radius 1 is 1.35 bits per heavy atom. The number of ether oxygens (including phenoxy) is 1. The molecular formula is C18H22N2O5S. The molecular weight excluding hydrogens is 356 g/mol. The van der Waals surface area contributed by atoms with Gasteiger partial charge < -0.3 is 14.8 Å². The topological polar surface area (TPSA) is 99.7 Å². The van der Waals surface area contributed by atoms with E-state index in [1.807, 2.05) is 18.2 Å². The van der Waals surface area contributed by atoms with Gasteiger partial charge in [0.2, 0.25) is 10.0 Å². The maximum absolute atomic E-state index is 12.9. The number of nitrogens with zero attached hydrogens (tertiary/aromatic N) is 1. The van der Waals surface area contributed by atoms with Gasteiger partial charge in [0.15, 0.2) is 6.10 Å². The van der Waals surface area contributed by atoms with Gasteiger partial charge in [0.25, 0.3) is 0 Å². The largest absolute Gasteiger partial charge is 0.479 e. The molecule has 0 spiro atoms. The Bertz CT molecular complexity index is 936. The molecule has 0 saturated carbocycles. The molecule has 26 heavy (non-hydrogen) atoms. The number of fused-ring (bicyclic) bond motifs is 3. The van der Waals surface area contributed by atoms with Crippen LogP contribution >= 0.6 is 0 Å². The van der Waals surface area contributed by atoms with Crippen molar-refractivity contribution in [1.82, 2.24) is 9.29 Å². The minimum Gasteiger partial charge on any atom is -0.479 e. The number of hydrogen-bond donors (Lipinski definition) is 2. The van der Waals surface area contributed by atoms with Crippen molar-refractivity contribution in [2.75, 3.05) is 18.9 Å². The fourth-order valence-corrected chi connectivity index (χ4v) is 5.80. The van der Waals surface area contributed by atoms with Crippen LogP contribution < -0.4 is 0 Å². The average molecular weight is 378 g/mol. The van der Waals surface area contributed by atoms with E-state index in [0.29, 0.717) is 32.5 Å². The first-order valence-electron chi connectivity index (χ1n) is 8.85. The fourth-order valence-electron chi connectivity index (χ4n) is 4.00. The van der Waals surface area contributed by atoms with Crippen LogP contribution in [0.1, 0.15) is 24.1 Å². The van der Waals surface area contributed by atoms with Crippen molar-refractivity contribution in [1.29, 1.82) is 0 Å². The summed E-state index contributed by atoms with van der Waals surface area (Å²) in [4.78, 5) is 14.4. The highest BCUT2D eigenvalue weighted by atomic mass is 32.2. The molecule has 8 heteroatoms. The predicted molar refractivity (Wildman–Crippen MR) is 96.3 cm³/mol. The molecule has 2 N–H and O–H groups in total. The Morgan fingerprint density at radius 2 is 2.15 bits per heavy atom. The number of rotatable bonds is 4. The normalized spacial score (nSPS) is 24.5. The van der Waals surface area contributed by atoms with Gasteiger partial charge in [-0.3, -0.25) is 0 Å². The molecule has 7 nitrogen and oxygen atoms in total. The highest BCUT2D eigenvalue weighted by Crippen LogP contribution is 2.30. The first kappa shape index (κ1) is 17.5. The molecule has 0 bridgehead atoms. The molecule has 140 valence electrons. The second kappa shape index (κ2) is 6.68. The van der Waals surface area contributed by atoms with Crippen molar-refractivity contribution < 1.29 is 23.1 Å². The first-order chi connectivity index (χ1) is 12.4. The summed E-state index contributed by atoms with van der Waals surface area (Å²) in [5.74, 6) is -1.22. The summed E-state index contributed by atoms with van der Waals surface area (Å²) in [7, 11) is -3.45. The SMILES string of the molecule is O=C(O)C1CC(CS(=O)(=O)N2CCc3c([nH]c4ccccc34)C2)CCO1. The number of sulfonamides is 1. The molecule has 0 aliphatic carbocycles. The van der Waals surface area contributed by atoms with Gasteiger partial charge in [0.05, 0.1) is 12.3 Å². The van der Waals surface area contributed by atoms with Crippen LogP contribution in [-0.4, -0.2) is 53.8 Å². The summed E-state index contributed by atoms with van der Waals surface area (Å²) < 4.78 is 32.5. The quantitative estimate of drug-likeness (QED) is 0.844. The lowest BCUT2D eigenvalue weighted by Gasteiger charge is -2.31. The van der Waals surface area contributed by atoms with Gasteiger partial charge in [-0.05, 0) is 36.8 Å². The van der Waals surface area contributed by atoms with Gasteiger partial charge in [-0.25, -0.2) is 13.2 Å². The van der Waals surface area contributed by atoms with Gasteiger partial charge >= 0.3 is 5.97 Å². The van der Waals surface area contributed by atoms with Crippen molar-refractivity contribution in [3.63, 3.8) is 0 Å². The zero-order valence-electron chi connectivity index (χ0n) is 14.3. The van der Waals surface area contributed by atoms with Gasteiger partial charge in [0, 0.05) is 29.7 Å². The van der Waals surface area contributed by atoms with Crippen LogP contribution in [-0.2, 0) is 32.5 Å². The predicted octanol–water partition coefficient (Wildman–Crippen LogP) is 1.74. The van der Waals surface area contributed by atoms with E-state index in [4.69, 9.17) is 9.84 Å². The lowest BCUT2D eigenvalue weighted by molar-refractivity contribution is -0.154. The number of para-hydroxylation sites is 1. The summed E-state index contributed by atoms with van der Waals surface area (Å²) >= 11 is 0. The summed E-state index contributed by atoms with van der Waals surface area (Å²) in [5, 5.41) is 10.3. The molecule has 3 heterocycles. The smallest absolute Gasteiger partial charge is 0.332 e. The summed E-state index contributed by atoms with van der Waals surface area (Å²) in [6, 6.07) is 8.01. The Kier molecular flexibility index (Phi) is 4.50. The van der Waals surface area contributed by atoms with E-state index in [9.17, 15) is 13.2 Å². The standard InChI is InChI=1S/C18H22N2O5S/c21-18(22)17-9-12(6-8-25-17)11-26(23,24)20-7-5-14-13-3-1-2-4-15(13)19-16(14)10-20/h1-4,12,17,19H,5-11H2,(H,21,22). The molecule has 0 radical (unpaired) electrons. The fraction of sp³-hybridized carbons (Fsp3) is 0.500. The van der Waals surface area contributed by atoms with Crippen molar-refractivity contribution >= 4 is 26.9 Å². The molecule has 1 fully saturated rings. The molecule has 2 aliphatic heterocycles. The van der Waals surface area contributed by atoms with Crippen molar-refractivity contribution in [3.05, 3.63) is 35.5 Å². The third kappa shape index (κ3) is 3.24. The first-order valence-corrected chi connectivity index (χ1v) is 10.5. The van der Waals surface area contributed by atoms with Crippen LogP contribution in [0.2, 0.25) is 0 Å². The van der Waals surface area contributed by atoms with E-state index in [1.165, 1.54) is 9.87 Å². The van der Waals surface area contributed by atoms with Crippen molar-refractivity contribution in [3.8, 4) is 0 Å². The number of carbonyl (C=O) groups is 1. The number of nitrogens with one attached hydrogen (secondary N) is 1. The van der Waals surface area contributed by atoms with Crippen LogP contribution in [0.5, 0.6) is 0 Å². The highest BCUT2D eigenvalue weighted by Gasteiger charge is 2.34. The maximum atomic E-state index is 12.9. The molecule has 1 aromatic heterocycles. The molecule has 0 amide bonds.